The number of hydrogen-bond acceptors (Lipinski definition) is 6. The van der Waals surface area contributed by atoms with E-state index in [-0.39, 0.29) is 30.2 Å². The summed E-state index contributed by atoms with van der Waals surface area (Å²) in [5.41, 5.74) is 2.59. The zero-order chi connectivity index (χ0) is 22.2. The molecule has 4 aliphatic heterocycles. The molecule has 0 aliphatic carbocycles. The zero-order valence-electron chi connectivity index (χ0n) is 18.1. The van der Waals surface area contributed by atoms with E-state index in [1.807, 2.05) is 23.1 Å². The number of nitrogens with zero attached hydrogens (tertiary/aromatic N) is 3. The third kappa shape index (κ3) is 3.91. The van der Waals surface area contributed by atoms with Crippen LogP contribution >= 0.6 is 0 Å². The highest BCUT2D eigenvalue weighted by molar-refractivity contribution is 6.05. The van der Waals surface area contributed by atoms with Crippen molar-refractivity contribution in [2.24, 2.45) is 0 Å². The highest BCUT2D eigenvalue weighted by Gasteiger charge is 2.39. The van der Waals surface area contributed by atoms with E-state index in [0.717, 1.165) is 56.7 Å². The first-order chi connectivity index (χ1) is 15.5. The van der Waals surface area contributed by atoms with Crippen LogP contribution in [0.4, 0.5) is 0 Å². The molecule has 1 aromatic rings. The van der Waals surface area contributed by atoms with Gasteiger partial charge in [-0.25, -0.2) is 0 Å². The van der Waals surface area contributed by atoms with Gasteiger partial charge >= 0.3 is 0 Å². The summed E-state index contributed by atoms with van der Waals surface area (Å²) in [6.07, 6.45) is 2.50. The van der Waals surface area contributed by atoms with Gasteiger partial charge in [0.15, 0.2) is 0 Å². The van der Waals surface area contributed by atoms with Crippen LogP contribution in [0.5, 0.6) is 0 Å². The van der Waals surface area contributed by atoms with Crippen molar-refractivity contribution in [1.29, 1.82) is 0 Å². The van der Waals surface area contributed by atoms with Crippen LogP contribution in [-0.4, -0.2) is 83.1 Å². The van der Waals surface area contributed by atoms with Crippen molar-refractivity contribution in [3.05, 3.63) is 34.9 Å². The van der Waals surface area contributed by atoms with Crippen LogP contribution in [0, 0.1) is 0 Å². The summed E-state index contributed by atoms with van der Waals surface area (Å²) in [6, 6.07) is 5.14. The second kappa shape index (κ2) is 8.63. The first-order valence-corrected chi connectivity index (χ1v) is 11.5. The second-order valence-electron chi connectivity index (χ2n) is 9.10. The van der Waals surface area contributed by atoms with E-state index in [0.29, 0.717) is 25.1 Å². The molecule has 9 heteroatoms. The van der Waals surface area contributed by atoms with Crippen LogP contribution in [0.15, 0.2) is 18.2 Å². The fraction of sp³-hybridized carbons (Fsp3) is 0.565. The first-order valence-electron chi connectivity index (χ1n) is 11.5. The van der Waals surface area contributed by atoms with Gasteiger partial charge in [0, 0.05) is 51.3 Å². The molecule has 0 spiro atoms. The Labute approximate surface area is 187 Å². The number of rotatable bonds is 4. The van der Waals surface area contributed by atoms with Gasteiger partial charge in [0.05, 0.1) is 6.04 Å². The molecule has 0 bridgehead atoms. The molecule has 4 amide bonds. The number of carbonyl (C=O) groups is 4. The molecule has 2 atom stereocenters. The Kier molecular flexibility index (Phi) is 5.69. The minimum absolute atomic E-state index is 0.0806. The molecule has 32 heavy (non-hydrogen) atoms. The summed E-state index contributed by atoms with van der Waals surface area (Å²) >= 11 is 0. The molecule has 0 aromatic heterocycles. The fourth-order valence-corrected chi connectivity index (χ4v) is 5.35. The fourth-order valence-electron chi connectivity index (χ4n) is 5.35. The first kappa shape index (κ1) is 21.1. The lowest BCUT2D eigenvalue weighted by Gasteiger charge is -2.33. The number of carbonyl (C=O) groups excluding carboxylic acids is 4. The predicted molar refractivity (Wildman–Crippen MR) is 115 cm³/mol. The van der Waals surface area contributed by atoms with E-state index in [4.69, 9.17) is 0 Å². The topological polar surface area (TPSA) is 102 Å². The van der Waals surface area contributed by atoms with Gasteiger partial charge in [-0.1, -0.05) is 12.1 Å². The van der Waals surface area contributed by atoms with E-state index in [1.165, 1.54) is 0 Å². The van der Waals surface area contributed by atoms with Crippen molar-refractivity contribution in [3.8, 4) is 0 Å². The van der Waals surface area contributed by atoms with Gasteiger partial charge in [-0.2, -0.15) is 0 Å². The van der Waals surface area contributed by atoms with E-state index in [1.54, 1.807) is 4.90 Å². The molecule has 0 radical (unpaired) electrons. The van der Waals surface area contributed by atoms with Gasteiger partial charge in [-0.15, -0.1) is 0 Å². The molecule has 3 saturated heterocycles. The Balaban J connectivity index is 1.27. The predicted octanol–water partition coefficient (Wildman–Crippen LogP) is -0.156. The number of fused-ring (bicyclic) bond motifs is 1. The van der Waals surface area contributed by atoms with Crippen molar-refractivity contribution in [1.82, 2.24) is 25.3 Å². The average molecular weight is 440 g/mol. The number of amides is 4. The molecule has 9 nitrogen and oxygen atoms in total. The van der Waals surface area contributed by atoms with Gasteiger partial charge in [-0.05, 0) is 43.0 Å². The Morgan fingerprint density at radius 2 is 1.88 bits per heavy atom. The molecular weight excluding hydrogens is 410 g/mol. The Morgan fingerprint density at radius 1 is 1.06 bits per heavy atom. The van der Waals surface area contributed by atoms with E-state index < -0.39 is 11.9 Å². The summed E-state index contributed by atoms with van der Waals surface area (Å²) in [5, 5.41) is 5.63. The van der Waals surface area contributed by atoms with Gasteiger partial charge in [0.25, 0.3) is 5.91 Å². The monoisotopic (exact) mass is 439 g/mol. The summed E-state index contributed by atoms with van der Waals surface area (Å²) < 4.78 is 0. The van der Waals surface area contributed by atoms with Crippen LogP contribution < -0.4 is 10.6 Å². The third-order valence-corrected chi connectivity index (χ3v) is 7.05. The maximum atomic E-state index is 13.0. The summed E-state index contributed by atoms with van der Waals surface area (Å²) in [6.45, 7) is 5.16. The highest BCUT2D eigenvalue weighted by Crippen LogP contribution is 2.29. The SMILES string of the molecule is O=C1CCC(N2Cc3cc(CN4CCC[C@@H]4C(=O)N4CCNCC4)ccc3C2=O)C(=O)N1. The van der Waals surface area contributed by atoms with E-state index >= 15 is 0 Å². The summed E-state index contributed by atoms with van der Waals surface area (Å²) in [4.78, 5) is 55.4. The molecule has 4 aliphatic rings. The number of benzene rings is 1. The molecule has 1 unspecified atom stereocenters. The van der Waals surface area contributed by atoms with E-state index in [9.17, 15) is 19.2 Å². The standard InChI is InChI=1S/C23H29N5O4/c29-20-6-5-18(21(30)25-20)28-14-16-12-15(3-4-17(16)22(28)31)13-27-9-1-2-19(27)23(32)26-10-7-24-8-11-26/h3-4,12,18-19,24H,1-2,5-11,13-14H2,(H,25,29,30)/t18?,19-/m1/s1. The molecule has 3 fully saturated rings. The maximum Gasteiger partial charge on any atom is 0.255 e. The number of piperidine rings is 1. The number of piperazine rings is 1. The van der Waals surface area contributed by atoms with E-state index in [2.05, 4.69) is 15.5 Å². The lowest BCUT2D eigenvalue weighted by Crippen LogP contribution is -2.52. The minimum Gasteiger partial charge on any atom is -0.339 e. The maximum absolute atomic E-state index is 13.0. The Bertz CT molecular complexity index is 958. The summed E-state index contributed by atoms with van der Waals surface area (Å²) in [5.74, 6) is -0.611. The van der Waals surface area contributed by atoms with Crippen LogP contribution in [-0.2, 0) is 27.5 Å². The minimum atomic E-state index is -0.601. The normalized spacial score (nSPS) is 26.4. The molecule has 5 rings (SSSR count). The average Bonchev–Trinajstić information content (AvgIpc) is 3.38. The lowest BCUT2D eigenvalue weighted by molar-refractivity contribution is -0.137. The molecule has 170 valence electrons. The van der Waals surface area contributed by atoms with Gasteiger partial charge < -0.3 is 15.1 Å². The van der Waals surface area contributed by atoms with Gasteiger partial charge in [0.2, 0.25) is 17.7 Å². The van der Waals surface area contributed by atoms with Crippen molar-refractivity contribution in [2.45, 2.75) is 50.9 Å². The molecule has 4 heterocycles. The van der Waals surface area contributed by atoms with Crippen LogP contribution in [0.3, 0.4) is 0 Å². The molecule has 1 aromatic carbocycles. The third-order valence-electron chi connectivity index (χ3n) is 7.05. The van der Waals surface area contributed by atoms with Crippen LogP contribution in [0.1, 0.15) is 47.2 Å². The number of imide groups is 1. The van der Waals surface area contributed by atoms with Crippen LogP contribution in [0.2, 0.25) is 0 Å². The van der Waals surface area contributed by atoms with Crippen LogP contribution in [0.25, 0.3) is 0 Å². The number of likely N-dealkylation sites (tertiary alicyclic amines) is 1. The lowest BCUT2D eigenvalue weighted by atomic mass is 10.0. The summed E-state index contributed by atoms with van der Waals surface area (Å²) in [7, 11) is 0. The Morgan fingerprint density at radius 3 is 2.66 bits per heavy atom. The quantitative estimate of drug-likeness (QED) is 0.633. The second-order valence-corrected chi connectivity index (χ2v) is 9.10. The van der Waals surface area contributed by atoms with Crippen molar-refractivity contribution >= 4 is 23.6 Å². The largest absolute Gasteiger partial charge is 0.339 e. The molecule has 0 saturated carbocycles. The highest BCUT2D eigenvalue weighted by atomic mass is 16.2. The smallest absolute Gasteiger partial charge is 0.255 e. The van der Waals surface area contributed by atoms with Gasteiger partial charge in [-0.3, -0.25) is 29.4 Å². The molecule has 2 N–H and O–H groups in total. The number of nitrogens with one attached hydrogen (secondary N) is 2. The number of hydrogen-bond donors (Lipinski definition) is 2. The van der Waals surface area contributed by atoms with Gasteiger partial charge in [0.1, 0.15) is 6.04 Å². The van der Waals surface area contributed by atoms with Crippen molar-refractivity contribution in [3.63, 3.8) is 0 Å². The Hall–Kier alpha value is -2.78. The zero-order valence-corrected chi connectivity index (χ0v) is 18.1. The van der Waals surface area contributed by atoms with Crippen molar-refractivity contribution in [2.75, 3.05) is 32.7 Å². The van der Waals surface area contributed by atoms with Crippen molar-refractivity contribution < 1.29 is 19.2 Å². The molecular formula is C23H29N5O4.